The van der Waals surface area contributed by atoms with Gasteiger partial charge in [0.15, 0.2) is 5.82 Å². The van der Waals surface area contributed by atoms with E-state index in [2.05, 4.69) is 0 Å². The fourth-order valence-electron chi connectivity index (χ4n) is 2.20. The van der Waals surface area contributed by atoms with Gasteiger partial charge < -0.3 is 5.73 Å². The third-order valence-electron chi connectivity index (χ3n) is 3.50. The Kier molecular flexibility index (Phi) is 6.08. The van der Waals surface area contributed by atoms with Crippen LogP contribution in [0, 0.1) is 11.6 Å². The van der Waals surface area contributed by atoms with Gasteiger partial charge in [-0.05, 0) is 29.3 Å². The third-order valence-corrected chi connectivity index (χ3v) is 4.05. The van der Waals surface area contributed by atoms with Crippen LogP contribution in [0.1, 0.15) is 22.6 Å². The summed E-state index contributed by atoms with van der Waals surface area (Å²) in [4.78, 5) is 0. The first-order chi connectivity index (χ1) is 11.6. The summed E-state index contributed by atoms with van der Waals surface area (Å²) in [7, 11) is 0. The van der Waals surface area contributed by atoms with Crippen molar-refractivity contribution in [1.82, 2.24) is 0 Å². The van der Waals surface area contributed by atoms with Crippen molar-refractivity contribution in [3.05, 3.63) is 74.8 Å². The number of rotatable bonds is 4. The molecule has 1 nitrogen and oxygen atoms in total. The molecule has 0 saturated heterocycles. The maximum atomic E-state index is 13.7. The molecular formula is C17H12Cl2F5N. The predicted octanol–water partition coefficient (Wildman–Crippen LogP) is 6.09. The molecule has 0 aliphatic rings. The Morgan fingerprint density at radius 2 is 1.64 bits per heavy atom. The van der Waals surface area contributed by atoms with Crippen LogP contribution < -0.4 is 5.73 Å². The number of halogens is 7. The first-order valence-corrected chi connectivity index (χ1v) is 7.77. The number of hydrogen-bond acceptors (Lipinski definition) is 1. The van der Waals surface area contributed by atoms with Gasteiger partial charge in [-0.2, -0.15) is 13.2 Å². The van der Waals surface area contributed by atoms with Gasteiger partial charge in [-0.15, -0.1) is 0 Å². The van der Waals surface area contributed by atoms with E-state index in [1.54, 1.807) is 0 Å². The minimum absolute atomic E-state index is 0.0203. The number of alkyl halides is 3. The van der Waals surface area contributed by atoms with Crippen LogP contribution in [0.15, 0.2) is 36.4 Å². The molecule has 0 bridgehead atoms. The minimum Gasteiger partial charge on any atom is -0.326 e. The molecule has 0 fully saturated rings. The van der Waals surface area contributed by atoms with Crippen LogP contribution in [0.3, 0.4) is 0 Å². The van der Waals surface area contributed by atoms with E-state index in [0.717, 1.165) is 30.4 Å². The van der Waals surface area contributed by atoms with E-state index >= 15 is 0 Å². The van der Waals surface area contributed by atoms with E-state index in [1.807, 2.05) is 0 Å². The van der Waals surface area contributed by atoms with Gasteiger partial charge in [-0.3, -0.25) is 0 Å². The first-order valence-electron chi connectivity index (χ1n) is 7.01. The standard InChI is InChI=1S/C17H12Cl2F5N/c18-13-6-11(7-14(19)16(13)21)12(17(22,23)24)4-2-9-1-3-10(8-25)15(20)5-9/h1-7,12H,8,25H2/b4-2+. The SMILES string of the molecule is NCc1ccc(/C=C/C(c2cc(Cl)c(F)c(Cl)c2)C(F)(F)F)cc1F. The summed E-state index contributed by atoms with van der Waals surface area (Å²) in [5.74, 6) is -3.68. The Balaban J connectivity index is 2.41. The van der Waals surface area contributed by atoms with Crippen LogP contribution >= 0.6 is 23.2 Å². The van der Waals surface area contributed by atoms with E-state index in [1.165, 1.54) is 12.1 Å². The van der Waals surface area contributed by atoms with E-state index in [-0.39, 0.29) is 23.2 Å². The molecular weight excluding hydrogens is 384 g/mol. The molecule has 8 heteroatoms. The van der Waals surface area contributed by atoms with Crippen LogP contribution in [0.25, 0.3) is 6.08 Å². The molecule has 0 aliphatic heterocycles. The Bertz CT molecular complexity index is 779. The largest absolute Gasteiger partial charge is 0.399 e. The summed E-state index contributed by atoms with van der Waals surface area (Å²) in [6.45, 7) is -0.0203. The molecule has 1 unspecified atom stereocenters. The van der Waals surface area contributed by atoms with E-state index in [0.29, 0.717) is 0 Å². The molecule has 0 spiro atoms. The Hall–Kier alpha value is -1.63. The fourth-order valence-corrected chi connectivity index (χ4v) is 2.71. The fraction of sp³-hybridized carbons (Fsp3) is 0.176. The summed E-state index contributed by atoms with van der Waals surface area (Å²) in [5.41, 5.74) is 5.49. The van der Waals surface area contributed by atoms with Gasteiger partial charge in [0.05, 0.1) is 16.0 Å². The third kappa shape index (κ3) is 4.71. The highest BCUT2D eigenvalue weighted by molar-refractivity contribution is 6.35. The first kappa shape index (κ1) is 19.7. The molecule has 2 aromatic carbocycles. The molecule has 0 radical (unpaired) electrons. The lowest BCUT2D eigenvalue weighted by Gasteiger charge is -2.18. The zero-order valence-electron chi connectivity index (χ0n) is 12.5. The molecule has 0 heterocycles. The topological polar surface area (TPSA) is 26.0 Å². The van der Waals surface area contributed by atoms with Crippen LogP contribution in [-0.4, -0.2) is 6.18 Å². The van der Waals surface area contributed by atoms with Gasteiger partial charge in [-0.25, -0.2) is 8.78 Å². The quantitative estimate of drug-likeness (QED) is 0.491. The lowest BCUT2D eigenvalue weighted by molar-refractivity contribution is -0.139. The smallest absolute Gasteiger partial charge is 0.326 e. The lowest BCUT2D eigenvalue weighted by Crippen LogP contribution is -2.19. The van der Waals surface area contributed by atoms with Gasteiger partial charge in [0.2, 0.25) is 0 Å². The van der Waals surface area contributed by atoms with Crippen molar-refractivity contribution in [3.63, 3.8) is 0 Å². The molecule has 0 aliphatic carbocycles. The minimum atomic E-state index is -4.67. The predicted molar refractivity (Wildman–Crippen MR) is 88.5 cm³/mol. The number of hydrogen-bond donors (Lipinski definition) is 1. The molecule has 0 saturated carbocycles. The zero-order chi connectivity index (χ0) is 18.8. The molecule has 0 aromatic heterocycles. The monoisotopic (exact) mass is 395 g/mol. The van der Waals surface area contributed by atoms with Gasteiger partial charge >= 0.3 is 6.18 Å². The number of allylic oxidation sites excluding steroid dienone is 1. The maximum Gasteiger partial charge on any atom is 0.399 e. The van der Waals surface area contributed by atoms with Gasteiger partial charge in [-0.1, -0.05) is 47.5 Å². The molecule has 0 amide bonds. The highest BCUT2D eigenvalue weighted by Crippen LogP contribution is 2.39. The second-order valence-corrected chi connectivity index (χ2v) is 6.05. The van der Waals surface area contributed by atoms with Crippen molar-refractivity contribution >= 4 is 29.3 Å². The van der Waals surface area contributed by atoms with Crippen molar-refractivity contribution in [2.24, 2.45) is 5.73 Å². The van der Waals surface area contributed by atoms with E-state index in [4.69, 9.17) is 28.9 Å². The Morgan fingerprint density at radius 1 is 1.04 bits per heavy atom. The van der Waals surface area contributed by atoms with Crippen LogP contribution in [0.4, 0.5) is 22.0 Å². The highest BCUT2D eigenvalue weighted by atomic mass is 35.5. The number of benzene rings is 2. The maximum absolute atomic E-state index is 13.7. The lowest BCUT2D eigenvalue weighted by atomic mass is 9.96. The van der Waals surface area contributed by atoms with Crippen molar-refractivity contribution in [2.75, 3.05) is 0 Å². The molecule has 2 aromatic rings. The van der Waals surface area contributed by atoms with E-state index < -0.39 is 33.8 Å². The van der Waals surface area contributed by atoms with Gasteiger partial charge in [0, 0.05) is 12.1 Å². The van der Waals surface area contributed by atoms with E-state index in [9.17, 15) is 22.0 Å². The van der Waals surface area contributed by atoms with Crippen molar-refractivity contribution in [1.29, 1.82) is 0 Å². The van der Waals surface area contributed by atoms with Crippen LogP contribution in [-0.2, 0) is 6.54 Å². The summed E-state index contributed by atoms with van der Waals surface area (Å²) in [6.07, 6.45) is -2.72. The normalized spacial score (nSPS) is 13.4. The molecule has 25 heavy (non-hydrogen) atoms. The summed E-state index contributed by atoms with van der Waals surface area (Å²) in [6, 6.07) is 5.65. The Labute approximate surface area is 150 Å². The van der Waals surface area contributed by atoms with Gasteiger partial charge in [0.1, 0.15) is 5.82 Å². The van der Waals surface area contributed by atoms with Gasteiger partial charge in [0.25, 0.3) is 0 Å². The molecule has 134 valence electrons. The van der Waals surface area contributed by atoms with Crippen molar-refractivity contribution < 1.29 is 22.0 Å². The summed E-state index contributed by atoms with van der Waals surface area (Å²) < 4.78 is 67.1. The summed E-state index contributed by atoms with van der Waals surface area (Å²) >= 11 is 11.1. The van der Waals surface area contributed by atoms with Crippen molar-refractivity contribution in [3.8, 4) is 0 Å². The Morgan fingerprint density at radius 3 is 2.12 bits per heavy atom. The van der Waals surface area contributed by atoms with Crippen LogP contribution in [0.5, 0.6) is 0 Å². The average molecular weight is 396 g/mol. The highest BCUT2D eigenvalue weighted by Gasteiger charge is 2.39. The molecule has 1 atom stereocenters. The molecule has 2 N–H and O–H groups in total. The zero-order valence-corrected chi connectivity index (χ0v) is 14.1. The molecule has 2 rings (SSSR count). The summed E-state index contributed by atoms with van der Waals surface area (Å²) in [5, 5.41) is -1.02. The average Bonchev–Trinajstić information content (AvgIpc) is 2.51. The second kappa shape index (κ2) is 7.72. The van der Waals surface area contributed by atoms with Crippen molar-refractivity contribution in [2.45, 2.75) is 18.6 Å². The van der Waals surface area contributed by atoms with Crippen LogP contribution in [0.2, 0.25) is 10.0 Å². The number of nitrogens with two attached hydrogens (primary N) is 1. The second-order valence-electron chi connectivity index (χ2n) is 5.23.